The lowest BCUT2D eigenvalue weighted by Crippen LogP contribution is -2.60. The van der Waals surface area contributed by atoms with Gasteiger partial charge in [0.15, 0.2) is 16.5 Å². The molecule has 1 amide bonds. The highest BCUT2D eigenvalue weighted by atomic mass is 32.1. The third-order valence-electron chi connectivity index (χ3n) is 7.56. The number of hydrogen-bond acceptors (Lipinski definition) is 7. The molecule has 2 aromatic heterocycles. The maximum atomic E-state index is 14.2. The average molecular weight is 545 g/mol. The third-order valence-corrected chi connectivity index (χ3v) is 8.52. The van der Waals surface area contributed by atoms with Gasteiger partial charge in [0.1, 0.15) is 16.6 Å². The Balaban J connectivity index is 1.51. The van der Waals surface area contributed by atoms with Crippen molar-refractivity contribution < 1.29 is 23.0 Å². The summed E-state index contributed by atoms with van der Waals surface area (Å²) in [6.45, 7) is 5.65. The predicted molar refractivity (Wildman–Crippen MR) is 139 cm³/mol. The zero-order chi connectivity index (χ0) is 27.0. The van der Waals surface area contributed by atoms with Crippen LogP contribution in [0.3, 0.4) is 0 Å². The van der Waals surface area contributed by atoms with Crippen molar-refractivity contribution in [1.29, 1.82) is 0 Å². The van der Waals surface area contributed by atoms with Crippen LogP contribution in [0.15, 0.2) is 29.2 Å². The SMILES string of the molecule is CCOC1CCC2(CC1)Cn1cc(-c3nnc(Cc4ccc(F)cc4F)s3)c(=O)c(OC)c1C(=O)N2CC. The molecule has 0 atom stereocenters. The summed E-state index contributed by atoms with van der Waals surface area (Å²) in [6, 6.07) is 3.38. The predicted octanol–water partition coefficient (Wildman–Crippen LogP) is 4.44. The van der Waals surface area contributed by atoms with Gasteiger partial charge in [0.2, 0.25) is 5.43 Å². The fraction of sp³-hybridized carbons (Fsp3) is 0.481. The number of pyridine rings is 1. The molecule has 1 spiro atoms. The number of amides is 1. The Morgan fingerprint density at radius 2 is 1.92 bits per heavy atom. The molecule has 0 bridgehead atoms. The molecule has 3 heterocycles. The Bertz CT molecular complexity index is 1410. The van der Waals surface area contributed by atoms with E-state index in [9.17, 15) is 18.4 Å². The van der Waals surface area contributed by atoms with Gasteiger partial charge in [0, 0.05) is 38.4 Å². The molecule has 0 unspecified atom stereocenters. The van der Waals surface area contributed by atoms with Crippen LogP contribution in [0.2, 0.25) is 0 Å². The van der Waals surface area contributed by atoms with Gasteiger partial charge in [-0.1, -0.05) is 17.4 Å². The van der Waals surface area contributed by atoms with E-state index in [0.29, 0.717) is 29.7 Å². The Hall–Kier alpha value is -3.18. The first-order valence-corrected chi connectivity index (χ1v) is 13.6. The number of likely N-dealkylation sites (N-methyl/N-ethyl adjacent to an activating group) is 1. The number of carbonyl (C=O) groups is 1. The minimum absolute atomic E-state index is 0.0230. The third kappa shape index (κ3) is 4.62. The summed E-state index contributed by atoms with van der Waals surface area (Å²) >= 11 is 1.15. The van der Waals surface area contributed by atoms with Gasteiger partial charge in [0.05, 0.1) is 24.3 Å². The van der Waals surface area contributed by atoms with Gasteiger partial charge in [-0.05, 0) is 51.2 Å². The van der Waals surface area contributed by atoms with Crippen molar-refractivity contribution in [3.8, 4) is 16.3 Å². The minimum atomic E-state index is -0.666. The fourth-order valence-corrected chi connectivity index (χ4v) is 6.64. The number of fused-ring (bicyclic) bond motifs is 1. The first kappa shape index (κ1) is 26.4. The van der Waals surface area contributed by atoms with Crippen LogP contribution in [-0.4, -0.2) is 57.5 Å². The summed E-state index contributed by atoms with van der Waals surface area (Å²) in [4.78, 5) is 29.1. The molecule has 3 aromatic rings. The molecular weight excluding hydrogens is 514 g/mol. The summed E-state index contributed by atoms with van der Waals surface area (Å²) in [5.41, 5.74) is -0.0435. The second-order valence-electron chi connectivity index (χ2n) is 9.72. The molecule has 0 radical (unpaired) electrons. The summed E-state index contributed by atoms with van der Waals surface area (Å²) in [5, 5.41) is 9.16. The van der Waals surface area contributed by atoms with Gasteiger partial charge in [-0.2, -0.15) is 0 Å². The van der Waals surface area contributed by atoms with Crippen LogP contribution in [0, 0.1) is 11.6 Å². The highest BCUT2D eigenvalue weighted by molar-refractivity contribution is 7.14. The number of hydrogen-bond donors (Lipinski definition) is 0. The molecule has 1 saturated carbocycles. The summed E-state index contributed by atoms with van der Waals surface area (Å²) in [7, 11) is 1.38. The number of ether oxygens (including phenoxy) is 2. The van der Waals surface area contributed by atoms with Crippen LogP contribution in [0.1, 0.15) is 60.6 Å². The van der Waals surface area contributed by atoms with Gasteiger partial charge in [-0.25, -0.2) is 8.78 Å². The van der Waals surface area contributed by atoms with Crippen LogP contribution in [0.5, 0.6) is 5.75 Å². The van der Waals surface area contributed by atoms with Crippen LogP contribution in [0.4, 0.5) is 8.78 Å². The van der Waals surface area contributed by atoms with E-state index in [2.05, 4.69) is 10.2 Å². The van der Waals surface area contributed by atoms with Crippen LogP contribution in [0.25, 0.3) is 10.6 Å². The van der Waals surface area contributed by atoms with Crippen molar-refractivity contribution in [2.75, 3.05) is 20.3 Å². The number of aromatic nitrogens is 3. The topological polar surface area (TPSA) is 86.5 Å². The zero-order valence-electron chi connectivity index (χ0n) is 21.6. The molecule has 8 nitrogen and oxygen atoms in total. The van der Waals surface area contributed by atoms with Crippen molar-refractivity contribution in [3.63, 3.8) is 0 Å². The highest BCUT2D eigenvalue weighted by Crippen LogP contribution is 2.41. The van der Waals surface area contributed by atoms with Crippen molar-refractivity contribution in [2.24, 2.45) is 0 Å². The first-order valence-electron chi connectivity index (χ1n) is 12.8. The lowest BCUT2D eigenvalue weighted by Gasteiger charge is -2.51. The molecule has 1 aromatic carbocycles. The Labute approximate surface area is 223 Å². The number of benzene rings is 1. The summed E-state index contributed by atoms with van der Waals surface area (Å²) in [6.07, 6.45) is 5.28. The molecule has 0 saturated heterocycles. The monoisotopic (exact) mass is 544 g/mol. The molecule has 202 valence electrons. The minimum Gasteiger partial charge on any atom is -0.491 e. The van der Waals surface area contributed by atoms with E-state index in [-0.39, 0.29) is 46.5 Å². The number of nitrogens with zero attached hydrogens (tertiary/aromatic N) is 4. The van der Waals surface area contributed by atoms with Crippen molar-refractivity contribution >= 4 is 17.2 Å². The maximum absolute atomic E-state index is 14.2. The van der Waals surface area contributed by atoms with Gasteiger partial charge in [-0.15, -0.1) is 10.2 Å². The number of halogens is 2. The summed E-state index contributed by atoms with van der Waals surface area (Å²) in [5.74, 6) is -1.57. The molecule has 1 aliphatic carbocycles. The van der Waals surface area contributed by atoms with Crippen molar-refractivity contribution in [1.82, 2.24) is 19.7 Å². The number of carbonyl (C=O) groups excluding carboxylic acids is 1. The molecule has 5 rings (SSSR count). The van der Waals surface area contributed by atoms with Crippen LogP contribution in [-0.2, 0) is 17.7 Å². The second kappa shape index (κ2) is 10.5. The van der Waals surface area contributed by atoms with Gasteiger partial charge in [-0.3, -0.25) is 9.59 Å². The van der Waals surface area contributed by atoms with Gasteiger partial charge >= 0.3 is 0 Å². The smallest absolute Gasteiger partial charge is 0.275 e. The molecule has 11 heteroatoms. The second-order valence-corrected chi connectivity index (χ2v) is 10.8. The summed E-state index contributed by atoms with van der Waals surface area (Å²) < 4.78 is 40.6. The number of methoxy groups -OCH3 is 1. The van der Waals surface area contributed by atoms with E-state index < -0.39 is 17.1 Å². The maximum Gasteiger partial charge on any atom is 0.275 e. The van der Waals surface area contributed by atoms with Crippen molar-refractivity contribution in [2.45, 2.75) is 64.1 Å². The lowest BCUT2D eigenvalue weighted by molar-refractivity contribution is -0.0301. The van der Waals surface area contributed by atoms with E-state index in [0.717, 1.165) is 43.1 Å². The Kier molecular flexibility index (Phi) is 7.32. The average Bonchev–Trinajstić information content (AvgIpc) is 3.36. The van der Waals surface area contributed by atoms with Crippen LogP contribution >= 0.6 is 11.3 Å². The van der Waals surface area contributed by atoms with E-state index in [1.165, 1.54) is 19.2 Å². The van der Waals surface area contributed by atoms with Gasteiger partial charge in [0.25, 0.3) is 5.91 Å². The normalized spacial score (nSPS) is 21.1. The zero-order valence-corrected chi connectivity index (χ0v) is 22.4. The molecule has 2 aliphatic rings. The van der Waals surface area contributed by atoms with Gasteiger partial charge < -0.3 is 18.9 Å². The Morgan fingerprint density at radius 1 is 1.16 bits per heavy atom. The molecule has 38 heavy (non-hydrogen) atoms. The van der Waals surface area contributed by atoms with E-state index in [1.54, 1.807) is 6.20 Å². The largest absolute Gasteiger partial charge is 0.491 e. The Morgan fingerprint density at radius 3 is 2.58 bits per heavy atom. The van der Waals surface area contributed by atoms with Crippen LogP contribution < -0.4 is 10.2 Å². The van der Waals surface area contributed by atoms with E-state index in [1.807, 2.05) is 23.3 Å². The lowest BCUT2D eigenvalue weighted by atomic mass is 9.77. The molecule has 0 N–H and O–H groups in total. The standard InChI is InChI=1S/C27H30F2N4O4S/c1-4-33-26(35)22-24(36-3)23(34)19(14-32(22)15-27(33)10-8-18(9-11-27)37-5-2)25-31-30-21(38-25)12-16-6-7-17(28)13-20(16)29/h6-7,13-14,18H,4-5,8-12,15H2,1-3H3. The highest BCUT2D eigenvalue weighted by Gasteiger charge is 2.47. The molecule has 1 fully saturated rings. The fourth-order valence-electron chi connectivity index (χ4n) is 5.77. The molecule has 1 aliphatic heterocycles. The van der Waals surface area contributed by atoms with E-state index >= 15 is 0 Å². The first-order chi connectivity index (χ1) is 18.3. The van der Waals surface area contributed by atoms with Crippen molar-refractivity contribution in [3.05, 3.63) is 62.5 Å². The molecular formula is C27H30F2N4O4S. The van der Waals surface area contributed by atoms with E-state index in [4.69, 9.17) is 9.47 Å². The quantitative estimate of drug-likeness (QED) is 0.437. The number of rotatable bonds is 7.